The summed E-state index contributed by atoms with van der Waals surface area (Å²) in [5, 5.41) is 8.60. The second kappa shape index (κ2) is 5.34. The van der Waals surface area contributed by atoms with Gasteiger partial charge in [-0.25, -0.2) is 0 Å². The van der Waals surface area contributed by atoms with Crippen LogP contribution in [0.1, 0.15) is 5.56 Å². The standard InChI is InChI=1S/C10H13N3O3/c11-8(9(12)10(15)16)7(14)5-6-1-3-13-4-2-6/h1-4,8-9H,5,11-12H2,(H,15,16). The fourth-order valence-electron chi connectivity index (χ4n) is 1.17. The summed E-state index contributed by atoms with van der Waals surface area (Å²) in [7, 11) is 0. The molecule has 86 valence electrons. The minimum Gasteiger partial charge on any atom is -0.480 e. The van der Waals surface area contributed by atoms with Crippen molar-refractivity contribution in [2.24, 2.45) is 11.5 Å². The third-order valence-corrected chi connectivity index (χ3v) is 2.17. The molecule has 0 spiro atoms. The molecule has 16 heavy (non-hydrogen) atoms. The molecule has 0 aliphatic carbocycles. The predicted molar refractivity (Wildman–Crippen MR) is 56.5 cm³/mol. The van der Waals surface area contributed by atoms with Crippen molar-refractivity contribution in [2.45, 2.75) is 18.5 Å². The van der Waals surface area contributed by atoms with Gasteiger partial charge in [0.1, 0.15) is 6.04 Å². The van der Waals surface area contributed by atoms with Crippen LogP contribution in [0.25, 0.3) is 0 Å². The zero-order valence-corrected chi connectivity index (χ0v) is 8.54. The van der Waals surface area contributed by atoms with Gasteiger partial charge >= 0.3 is 5.97 Å². The van der Waals surface area contributed by atoms with Crippen molar-refractivity contribution in [1.29, 1.82) is 0 Å². The molecule has 0 amide bonds. The monoisotopic (exact) mass is 223 g/mol. The predicted octanol–water partition coefficient (Wildman–Crippen LogP) is -1.07. The van der Waals surface area contributed by atoms with Crippen LogP contribution < -0.4 is 11.5 Å². The number of hydrogen-bond acceptors (Lipinski definition) is 5. The molecule has 0 aliphatic rings. The van der Waals surface area contributed by atoms with Gasteiger partial charge in [0.15, 0.2) is 5.78 Å². The fraction of sp³-hybridized carbons (Fsp3) is 0.300. The number of Topliss-reactive ketones (excluding diaryl/α,β-unsaturated/α-hetero) is 1. The molecule has 0 saturated carbocycles. The zero-order chi connectivity index (χ0) is 12.1. The van der Waals surface area contributed by atoms with Crippen LogP contribution in [0.3, 0.4) is 0 Å². The number of carbonyl (C=O) groups is 2. The van der Waals surface area contributed by atoms with Crippen molar-refractivity contribution in [3.63, 3.8) is 0 Å². The molecule has 0 radical (unpaired) electrons. The molecule has 6 nitrogen and oxygen atoms in total. The van der Waals surface area contributed by atoms with Crippen LogP contribution in [0.2, 0.25) is 0 Å². The second-order valence-electron chi connectivity index (χ2n) is 3.39. The van der Waals surface area contributed by atoms with Crippen LogP contribution in [0, 0.1) is 0 Å². The average Bonchev–Trinajstić information content (AvgIpc) is 2.28. The maximum absolute atomic E-state index is 11.6. The number of carbonyl (C=O) groups excluding carboxylic acids is 1. The molecule has 6 heteroatoms. The van der Waals surface area contributed by atoms with Gasteiger partial charge in [-0.2, -0.15) is 0 Å². The molecule has 0 aromatic carbocycles. The highest BCUT2D eigenvalue weighted by Crippen LogP contribution is 2.01. The molecule has 1 heterocycles. The van der Waals surface area contributed by atoms with Crippen molar-refractivity contribution in [2.75, 3.05) is 0 Å². The van der Waals surface area contributed by atoms with Crippen LogP contribution >= 0.6 is 0 Å². The van der Waals surface area contributed by atoms with Crippen LogP contribution in [0.5, 0.6) is 0 Å². The first-order valence-electron chi connectivity index (χ1n) is 4.68. The molecule has 1 aromatic rings. The van der Waals surface area contributed by atoms with Gasteiger partial charge in [0.25, 0.3) is 0 Å². The summed E-state index contributed by atoms with van der Waals surface area (Å²) < 4.78 is 0. The summed E-state index contributed by atoms with van der Waals surface area (Å²) in [5.41, 5.74) is 11.4. The molecule has 2 atom stereocenters. The number of hydrogen-bond donors (Lipinski definition) is 3. The molecular weight excluding hydrogens is 210 g/mol. The third kappa shape index (κ3) is 3.11. The van der Waals surface area contributed by atoms with Gasteiger partial charge < -0.3 is 16.6 Å². The fourth-order valence-corrected chi connectivity index (χ4v) is 1.17. The Morgan fingerprint density at radius 3 is 2.31 bits per heavy atom. The van der Waals surface area contributed by atoms with Crippen molar-refractivity contribution in [3.8, 4) is 0 Å². The number of pyridine rings is 1. The summed E-state index contributed by atoms with van der Waals surface area (Å²) in [5.74, 6) is -1.68. The Hall–Kier alpha value is -1.79. The largest absolute Gasteiger partial charge is 0.480 e. The summed E-state index contributed by atoms with van der Waals surface area (Å²) in [6, 6.07) is 0.772. The van der Waals surface area contributed by atoms with E-state index in [0.717, 1.165) is 5.56 Å². The molecule has 0 saturated heterocycles. The van der Waals surface area contributed by atoms with E-state index in [2.05, 4.69) is 4.98 Å². The van der Waals surface area contributed by atoms with Crippen molar-refractivity contribution in [1.82, 2.24) is 4.98 Å². The quantitative estimate of drug-likeness (QED) is 0.585. The van der Waals surface area contributed by atoms with E-state index in [1.807, 2.05) is 0 Å². The molecule has 0 fully saturated rings. The number of aromatic nitrogens is 1. The number of carboxylic acids is 1. The molecule has 0 aliphatic heterocycles. The normalized spacial score (nSPS) is 14.1. The first kappa shape index (κ1) is 12.3. The molecule has 1 aromatic heterocycles. The number of nitrogens with zero attached hydrogens (tertiary/aromatic N) is 1. The molecule has 1 rings (SSSR count). The Bertz CT molecular complexity index is 380. The summed E-state index contributed by atoms with van der Waals surface area (Å²) in [6.45, 7) is 0. The van der Waals surface area contributed by atoms with E-state index in [-0.39, 0.29) is 6.42 Å². The lowest BCUT2D eigenvalue weighted by Crippen LogP contribution is -2.52. The maximum atomic E-state index is 11.6. The Balaban J connectivity index is 2.63. The molecule has 5 N–H and O–H groups in total. The number of ketones is 1. The summed E-state index contributed by atoms with van der Waals surface area (Å²) in [4.78, 5) is 25.9. The number of rotatable bonds is 5. The zero-order valence-electron chi connectivity index (χ0n) is 8.54. The summed E-state index contributed by atoms with van der Waals surface area (Å²) >= 11 is 0. The highest BCUT2D eigenvalue weighted by Gasteiger charge is 2.26. The second-order valence-corrected chi connectivity index (χ2v) is 3.39. The first-order valence-corrected chi connectivity index (χ1v) is 4.68. The van der Waals surface area contributed by atoms with Gasteiger partial charge in [-0.05, 0) is 17.7 Å². The van der Waals surface area contributed by atoms with Crippen LogP contribution in [-0.4, -0.2) is 33.9 Å². The lowest BCUT2D eigenvalue weighted by atomic mass is 10.00. The van der Waals surface area contributed by atoms with E-state index in [4.69, 9.17) is 16.6 Å². The SMILES string of the molecule is NC(C(=O)O)C(N)C(=O)Cc1ccncc1. The van der Waals surface area contributed by atoms with E-state index in [1.165, 1.54) is 0 Å². The van der Waals surface area contributed by atoms with E-state index in [0.29, 0.717) is 0 Å². The van der Waals surface area contributed by atoms with Gasteiger partial charge in [0.05, 0.1) is 6.04 Å². The van der Waals surface area contributed by atoms with E-state index in [1.54, 1.807) is 24.5 Å². The van der Waals surface area contributed by atoms with Crippen molar-refractivity contribution >= 4 is 11.8 Å². The van der Waals surface area contributed by atoms with Gasteiger partial charge in [0.2, 0.25) is 0 Å². The average molecular weight is 223 g/mol. The minimum atomic E-state index is -1.37. The number of nitrogens with two attached hydrogens (primary N) is 2. The Kier molecular flexibility index (Phi) is 4.10. The summed E-state index contributed by atoms with van der Waals surface area (Å²) in [6.07, 6.45) is 3.15. The molecule has 2 unspecified atom stereocenters. The lowest BCUT2D eigenvalue weighted by molar-refractivity contribution is -0.140. The van der Waals surface area contributed by atoms with Gasteiger partial charge in [-0.3, -0.25) is 14.6 Å². The lowest BCUT2D eigenvalue weighted by Gasteiger charge is -2.14. The van der Waals surface area contributed by atoms with Crippen LogP contribution in [0.15, 0.2) is 24.5 Å². The minimum absolute atomic E-state index is 0.0602. The van der Waals surface area contributed by atoms with E-state index >= 15 is 0 Å². The Morgan fingerprint density at radius 2 is 1.81 bits per heavy atom. The smallest absolute Gasteiger partial charge is 0.322 e. The maximum Gasteiger partial charge on any atom is 0.322 e. The van der Waals surface area contributed by atoms with E-state index in [9.17, 15) is 9.59 Å². The Labute approximate surface area is 92.3 Å². The highest BCUT2D eigenvalue weighted by atomic mass is 16.4. The number of carboxylic acid groups (broad SMARTS) is 1. The Morgan fingerprint density at radius 1 is 1.25 bits per heavy atom. The third-order valence-electron chi connectivity index (χ3n) is 2.17. The van der Waals surface area contributed by atoms with Crippen LogP contribution in [0.4, 0.5) is 0 Å². The van der Waals surface area contributed by atoms with Crippen molar-refractivity contribution < 1.29 is 14.7 Å². The van der Waals surface area contributed by atoms with Gasteiger partial charge in [-0.1, -0.05) is 0 Å². The van der Waals surface area contributed by atoms with Gasteiger partial charge in [-0.15, -0.1) is 0 Å². The number of aliphatic carboxylic acids is 1. The molecule has 0 bridgehead atoms. The highest BCUT2D eigenvalue weighted by molar-refractivity contribution is 5.91. The van der Waals surface area contributed by atoms with E-state index < -0.39 is 23.8 Å². The molecular formula is C10H13N3O3. The first-order chi connectivity index (χ1) is 7.52. The van der Waals surface area contributed by atoms with Crippen molar-refractivity contribution in [3.05, 3.63) is 30.1 Å². The van der Waals surface area contributed by atoms with Crippen LogP contribution in [-0.2, 0) is 16.0 Å². The topological polar surface area (TPSA) is 119 Å². The van der Waals surface area contributed by atoms with Gasteiger partial charge in [0, 0.05) is 18.8 Å².